The summed E-state index contributed by atoms with van der Waals surface area (Å²) >= 11 is 20.0. The fraction of sp³-hybridized carbons (Fsp3) is 0.105. The molecule has 0 radical (unpaired) electrons. The highest BCUT2D eigenvalue weighted by Gasteiger charge is 2.30. The topological polar surface area (TPSA) is 15.6 Å². The van der Waals surface area contributed by atoms with Crippen molar-refractivity contribution in [2.24, 2.45) is 5.10 Å². The number of hydrogen-bond donors (Lipinski definition) is 0. The Kier molecular flexibility index (Phi) is 4.74. The Hall–Kier alpha value is -1.52. The lowest BCUT2D eigenvalue weighted by Gasteiger charge is -2.23. The molecule has 6 heteroatoms. The highest BCUT2D eigenvalue weighted by atomic mass is 35.5. The van der Waals surface area contributed by atoms with Gasteiger partial charge in [-0.1, -0.05) is 53.0 Å². The Labute approximate surface area is 165 Å². The van der Waals surface area contributed by atoms with Crippen LogP contribution in [0.15, 0.2) is 65.1 Å². The Morgan fingerprint density at radius 2 is 1.76 bits per heavy atom. The Bertz CT molecular complexity index is 920. The van der Waals surface area contributed by atoms with Gasteiger partial charge in [0.05, 0.1) is 27.5 Å². The van der Waals surface area contributed by atoms with Crippen LogP contribution in [0.1, 0.15) is 22.9 Å². The number of halogens is 3. The summed E-state index contributed by atoms with van der Waals surface area (Å²) in [5, 5.41) is 10.8. The van der Waals surface area contributed by atoms with Gasteiger partial charge in [-0.2, -0.15) is 5.10 Å². The zero-order valence-corrected chi connectivity index (χ0v) is 16.1. The van der Waals surface area contributed by atoms with Crippen LogP contribution >= 0.6 is 46.1 Å². The molecule has 0 N–H and O–H groups in total. The molecule has 1 aromatic heterocycles. The summed E-state index contributed by atoms with van der Waals surface area (Å²) in [7, 11) is 0. The lowest BCUT2D eigenvalue weighted by molar-refractivity contribution is 0.722. The van der Waals surface area contributed by atoms with Crippen LogP contribution in [0.5, 0.6) is 0 Å². The molecule has 4 rings (SSSR count). The van der Waals surface area contributed by atoms with Crippen molar-refractivity contribution in [3.05, 3.63) is 85.5 Å². The van der Waals surface area contributed by atoms with E-state index >= 15 is 0 Å². The van der Waals surface area contributed by atoms with Gasteiger partial charge >= 0.3 is 0 Å². The number of thiophene rings is 1. The van der Waals surface area contributed by atoms with Crippen molar-refractivity contribution >= 4 is 57.5 Å². The van der Waals surface area contributed by atoms with Gasteiger partial charge in [0, 0.05) is 16.3 Å². The molecule has 0 spiro atoms. The van der Waals surface area contributed by atoms with Gasteiger partial charge in [0.2, 0.25) is 0 Å². The maximum absolute atomic E-state index is 6.22. The molecule has 0 bridgehead atoms. The molecule has 1 atom stereocenters. The van der Waals surface area contributed by atoms with Crippen LogP contribution in [-0.2, 0) is 0 Å². The summed E-state index contributed by atoms with van der Waals surface area (Å²) in [5.41, 5.74) is 3.03. The number of benzene rings is 2. The first-order valence-electron chi connectivity index (χ1n) is 7.73. The van der Waals surface area contributed by atoms with Crippen LogP contribution < -0.4 is 5.01 Å². The Balaban J connectivity index is 1.75. The van der Waals surface area contributed by atoms with E-state index in [0.29, 0.717) is 10.0 Å². The van der Waals surface area contributed by atoms with Crippen molar-refractivity contribution in [1.82, 2.24) is 0 Å². The van der Waals surface area contributed by atoms with E-state index in [0.717, 1.165) is 28.4 Å². The summed E-state index contributed by atoms with van der Waals surface area (Å²) in [6.45, 7) is 0. The van der Waals surface area contributed by atoms with E-state index in [2.05, 4.69) is 17.5 Å². The van der Waals surface area contributed by atoms with Gasteiger partial charge < -0.3 is 0 Å². The molecule has 2 nitrogen and oxygen atoms in total. The lowest BCUT2D eigenvalue weighted by Crippen LogP contribution is -2.17. The van der Waals surface area contributed by atoms with Crippen LogP contribution in [0.2, 0.25) is 15.1 Å². The van der Waals surface area contributed by atoms with E-state index < -0.39 is 0 Å². The first-order valence-corrected chi connectivity index (χ1v) is 9.74. The molecule has 3 aromatic rings. The number of hydrazone groups is 1. The van der Waals surface area contributed by atoms with Gasteiger partial charge in [0.15, 0.2) is 0 Å². The molecule has 1 aliphatic rings. The second kappa shape index (κ2) is 7.00. The van der Waals surface area contributed by atoms with E-state index in [1.54, 1.807) is 17.4 Å². The third kappa shape index (κ3) is 3.42. The average Bonchev–Trinajstić information content (AvgIpc) is 3.27. The largest absolute Gasteiger partial charge is 0.257 e. The maximum atomic E-state index is 6.22. The van der Waals surface area contributed by atoms with E-state index in [1.807, 2.05) is 41.4 Å². The fourth-order valence-electron chi connectivity index (χ4n) is 2.90. The van der Waals surface area contributed by atoms with Crippen molar-refractivity contribution < 1.29 is 0 Å². The van der Waals surface area contributed by atoms with Crippen LogP contribution in [0.4, 0.5) is 5.69 Å². The predicted molar refractivity (Wildman–Crippen MR) is 109 cm³/mol. The van der Waals surface area contributed by atoms with Gasteiger partial charge in [0.25, 0.3) is 0 Å². The highest BCUT2D eigenvalue weighted by Crippen LogP contribution is 2.40. The molecule has 0 fully saturated rings. The zero-order valence-electron chi connectivity index (χ0n) is 13.0. The summed E-state index contributed by atoms with van der Waals surface area (Å²) in [5.74, 6) is 0. The molecule has 0 saturated heterocycles. The molecule has 0 amide bonds. The minimum atomic E-state index is 0.142. The Morgan fingerprint density at radius 1 is 0.960 bits per heavy atom. The molecule has 2 heterocycles. The van der Waals surface area contributed by atoms with Gasteiger partial charge in [-0.15, -0.1) is 11.3 Å². The molecule has 0 aliphatic carbocycles. The van der Waals surface area contributed by atoms with E-state index in [9.17, 15) is 0 Å². The summed E-state index contributed by atoms with van der Waals surface area (Å²) in [4.78, 5) is 1.26. The minimum absolute atomic E-state index is 0.142. The smallest absolute Gasteiger partial charge is 0.0923 e. The number of nitrogens with zero attached hydrogens (tertiary/aromatic N) is 2. The molecule has 1 aliphatic heterocycles. The van der Waals surface area contributed by atoms with Crippen LogP contribution in [0.25, 0.3) is 0 Å². The molecular weight excluding hydrogens is 395 g/mol. The first-order chi connectivity index (χ1) is 12.1. The molecule has 0 saturated carbocycles. The van der Waals surface area contributed by atoms with Crippen molar-refractivity contribution in [3.63, 3.8) is 0 Å². The van der Waals surface area contributed by atoms with Crippen molar-refractivity contribution in [3.8, 4) is 0 Å². The summed E-state index contributed by atoms with van der Waals surface area (Å²) < 4.78 is 0. The first kappa shape index (κ1) is 16.9. The van der Waals surface area contributed by atoms with Gasteiger partial charge in [-0.3, -0.25) is 5.01 Å². The third-order valence-corrected chi connectivity index (χ3v) is 6.09. The number of hydrogen-bond acceptors (Lipinski definition) is 3. The van der Waals surface area contributed by atoms with Gasteiger partial charge in [0.1, 0.15) is 0 Å². The molecule has 2 aromatic carbocycles. The second-order valence-corrected chi connectivity index (χ2v) is 7.96. The number of rotatable bonds is 3. The SMILES string of the molecule is Clc1ccc(C2=NN(c3ccc(Cl)c(Cl)c3)[C@@H](c3cccs3)C2)cc1. The lowest BCUT2D eigenvalue weighted by atomic mass is 10.0. The van der Waals surface area contributed by atoms with Gasteiger partial charge in [-0.25, -0.2) is 0 Å². The normalized spacial score (nSPS) is 17.0. The number of anilines is 1. The van der Waals surface area contributed by atoms with Crippen molar-refractivity contribution in [2.45, 2.75) is 12.5 Å². The quantitative estimate of drug-likeness (QED) is 0.453. The summed E-state index contributed by atoms with van der Waals surface area (Å²) in [6, 6.07) is 17.7. The summed E-state index contributed by atoms with van der Waals surface area (Å²) in [6.07, 6.45) is 0.822. The zero-order chi connectivity index (χ0) is 17.4. The van der Waals surface area contributed by atoms with E-state index in [-0.39, 0.29) is 6.04 Å². The van der Waals surface area contributed by atoms with Crippen LogP contribution in [-0.4, -0.2) is 5.71 Å². The fourth-order valence-corrected chi connectivity index (χ4v) is 4.13. The predicted octanol–water partition coefficient (Wildman–Crippen LogP) is 7.06. The van der Waals surface area contributed by atoms with E-state index in [4.69, 9.17) is 39.9 Å². The standard InChI is InChI=1S/C19H13Cl3N2S/c20-13-5-3-12(4-6-13)17-11-18(19-2-1-9-25-19)24(23-17)14-7-8-15(21)16(22)10-14/h1-10,18H,11H2/t18-/m1/s1. The van der Waals surface area contributed by atoms with Gasteiger partial charge in [-0.05, 0) is 47.3 Å². The van der Waals surface area contributed by atoms with Crippen molar-refractivity contribution in [2.75, 3.05) is 5.01 Å². The molecule has 25 heavy (non-hydrogen) atoms. The van der Waals surface area contributed by atoms with Crippen LogP contribution in [0.3, 0.4) is 0 Å². The van der Waals surface area contributed by atoms with E-state index in [1.165, 1.54) is 4.88 Å². The Morgan fingerprint density at radius 3 is 2.44 bits per heavy atom. The minimum Gasteiger partial charge on any atom is -0.257 e. The second-order valence-electron chi connectivity index (χ2n) is 5.73. The molecule has 126 valence electrons. The highest BCUT2D eigenvalue weighted by molar-refractivity contribution is 7.10. The monoisotopic (exact) mass is 406 g/mol. The molecular formula is C19H13Cl3N2S. The molecule has 0 unspecified atom stereocenters. The third-order valence-electron chi connectivity index (χ3n) is 4.13. The maximum Gasteiger partial charge on any atom is 0.0923 e. The van der Waals surface area contributed by atoms with Crippen molar-refractivity contribution in [1.29, 1.82) is 0 Å². The van der Waals surface area contributed by atoms with Crippen LogP contribution in [0, 0.1) is 0 Å². The average molecular weight is 408 g/mol.